The van der Waals surface area contributed by atoms with Crippen LogP contribution in [0.1, 0.15) is 27.2 Å². The second-order valence-corrected chi connectivity index (χ2v) is 4.27. The molecule has 0 radical (unpaired) electrons. The van der Waals surface area contributed by atoms with Crippen LogP contribution in [0.25, 0.3) is 6.08 Å². The molecule has 0 fully saturated rings. The fourth-order valence-corrected chi connectivity index (χ4v) is 1.77. The molecule has 0 N–H and O–H groups in total. The maximum Gasteiger partial charge on any atom is 0.204 e. The summed E-state index contributed by atoms with van der Waals surface area (Å²) in [6.45, 7) is 4.09. The Bertz CT molecular complexity index is 585. The summed E-state index contributed by atoms with van der Waals surface area (Å²) in [5.74, 6) is -0.0735. The molecule has 2 heteroatoms. The minimum absolute atomic E-state index is 0.0735. The number of carbonyl (C=O) groups excluding carboxylic acids is 1. The minimum Gasteiger partial charge on any atom is -0.288 e. The van der Waals surface area contributed by atoms with Crippen LogP contribution in [0, 0.1) is 13.8 Å². The molecule has 1 aromatic carbocycles. The Kier molecular flexibility index (Phi) is 3.68. The molecule has 0 aliphatic rings. The number of pyridine rings is 1. The summed E-state index contributed by atoms with van der Waals surface area (Å²) in [7, 11) is 0. The molecule has 1 heterocycles. The Hall–Kier alpha value is -2.22. The molecule has 18 heavy (non-hydrogen) atoms. The van der Waals surface area contributed by atoms with Gasteiger partial charge in [-0.25, -0.2) is 0 Å². The highest BCUT2D eigenvalue weighted by Gasteiger charge is 2.01. The van der Waals surface area contributed by atoms with Gasteiger partial charge >= 0.3 is 0 Å². The summed E-state index contributed by atoms with van der Waals surface area (Å²) < 4.78 is 0. The van der Waals surface area contributed by atoms with Crippen LogP contribution >= 0.6 is 0 Å². The molecule has 0 aliphatic carbocycles. The van der Waals surface area contributed by atoms with E-state index in [1.165, 1.54) is 11.1 Å². The highest BCUT2D eigenvalue weighted by atomic mass is 16.1. The molecule has 0 bridgehead atoms. The van der Waals surface area contributed by atoms with Crippen LogP contribution < -0.4 is 0 Å². The molecule has 1 aromatic heterocycles. The highest BCUT2D eigenvalue weighted by molar-refractivity contribution is 6.05. The summed E-state index contributed by atoms with van der Waals surface area (Å²) >= 11 is 0. The van der Waals surface area contributed by atoms with Crippen molar-refractivity contribution in [3.8, 4) is 0 Å². The van der Waals surface area contributed by atoms with Crippen LogP contribution in [0.2, 0.25) is 0 Å². The monoisotopic (exact) mass is 237 g/mol. The zero-order chi connectivity index (χ0) is 13.0. The van der Waals surface area contributed by atoms with Gasteiger partial charge in [0.15, 0.2) is 0 Å². The van der Waals surface area contributed by atoms with Crippen molar-refractivity contribution < 1.29 is 4.79 Å². The zero-order valence-electron chi connectivity index (χ0n) is 10.6. The molecule has 2 rings (SSSR count). The van der Waals surface area contributed by atoms with E-state index in [2.05, 4.69) is 18.0 Å². The van der Waals surface area contributed by atoms with Gasteiger partial charge in [0.2, 0.25) is 5.78 Å². The van der Waals surface area contributed by atoms with Gasteiger partial charge in [0.25, 0.3) is 0 Å². The Balaban J connectivity index is 2.19. The quantitative estimate of drug-likeness (QED) is 0.603. The molecule has 90 valence electrons. The predicted molar refractivity (Wildman–Crippen MR) is 73.5 cm³/mol. The van der Waals surface area contributed by atoms with Gasteiger partial charge in [0.05, 0.1) is 0 Å². The third-order valence-electron chi connectivity index (χ3n) is 2.76. The van der Waals surface area contributed by atoms with E-state index in [0.717, 1.165) is 5.56 Å². The van der Waals surface area contributed by atoms with Gasteiger partial charge in [-0.3, -0.25) is 9.78 Å². The number of hydrogen-bond donors (Lipinski definition) is 0. The van der Waals surface area contributed by atoms with E-state index in [4.69, 9.17) is 0 Å². The molecule has 2 aromatic rings. The average Bonchev–Trinajstić information content (AvgIpc) is 2.38. The Morgan fingerprint density at radius 3 is 2.67 bits per heavy atom. The van der Waals surface area contributed by atoms with Gasteiger partial charge in [-0.05, 0) is 43.2 Å². The molecule has 0 saturated carbocycles. The van der Waals surface area contributed by atoms with Crippen molar-refractivity contribution in [1.29, 1.82) is 0 Å². The van der Waals surface area contributed by atoms with Gasteiger partial charge in [-0.1, -0.05) is 35.9 Å². The van der Waals surface area contributed by atoms with Gasteiger partial charge in [0.1, 0.15) is 5.69 Å². The lowest BCUT2D eigenvalue weighted by Crippen LogP contribution is -1.96. The largest absolute Gasteiger partial charge is 0.288 e. The number of allylic oxidation sites excluding steroid dienone is 1. The molecule has 0 aliphatic heterocycles. The SMILES string of the molecule is Cc1ccc(/C=C/C(=O)c2ccccn2)c(C)c1. The molecular weight excluding hydrogens is 222 g/mol. The lowest BCUT2D eigenvalue weighted by Gasteiger charge is -2.01. The number of aryl methyl sites for hydroxylation is 2. The van der Waals surface area contributed by atoms with Crippen molar-refractivity contribution in [1.82, 2.24) is 4.98 Å². The maximum absolute atomic E-state index is 11.8. The Morgan fingerprint density at radius 1 is 1.17 bits per heavy atom. The summed E-state index contributed by atoms with van der Waals surface area (Å²) in [4.78, 5) is 15.9. The van der Waals surface area contributed by atoms with E-state index in [9.17, 15) is 4.79 Å². The van der Waals surface area contributed by atoms with E-state index in [-0.39, 0.29) is 5.78 Å². The van der Waals surface area contributed by atoms with Crippen molar-refractivity contribution in [3.63, 3.8) is 0 Å². The van der Waals surface area contributed by atoms with E-state index < -0.39 is 0 Å². The summed E-state index contributed by atoms with van der Waals surface area (Å²) in [6, 6.07) is 11.5. The van der Waals surface area contributed by atoms with Crippen LogP contribution in [0.15, 0.2) is 48.7 Å². The van der Waals surface area contributed by atoms with Crippen LogP contribution in [-0.4, -0.2) is 10.8 Å². The third kappa shape index (κ3) is 2.92. The lowest BCUT2D eigenvalue weighted by atomic mass is 10.0. The number of benzene rings is 1. The zero-order valence-corrected chi connectivity index (χ0v) is 10.6. The predicted octanol–water partition coefficient (Wildman–Crippen LogP) is 3.59. The highest BCUT2D eigenvalue weighted by Crippen LogP contribution is 2.12. The van der Waals surface area contributed by atoms with Gasteiger partial charge in [-0.2, -0.15) is 0 Å². The smallest absolute Gasteiger partial charge is 0.204 e. The van der Waals surface area contributed by atoms with Crippen molar-refractivity contribution in [3.05, 3.63) is 71.1 Å². The number of rotatable bonds is 3. The Morgan fingerprint density at radius 2 is 2.00 bits per heavy atom. The second-order valence-electron chi connectivity index (χ2n) is 4.27. The summed E-state index contributed by atoms with van der Waals surface area (Å²) in [5.41, 5.74) is 3.92. The molecule has 0 saturated heterocycles. The van der Waals surface area contributed by atoms with Crippen LogP contribution in [0.3, 0.4) is 0 Å². The van der Waals surface area contributed by atoms with Crippen molar-refractivity contribution in [2.24, 2.45) is 0 Å². The minimum atomic E-state index is -0.0735. The maximum atomic E-state index is 11.8. The molecule has 0 atom stereocenters. The average molecular weight is 237 g/mol. The van der Waals surface area contributed by atoms with Crippen molar-refractivity contribution in [2.75, 3.05) is 0 Å². The molecular formula is C16H15NO. The van der Waals surface area contributed by atoms with Crippen LogP contribution in [0.4, 0.5) is 0 Å². The third-order valence-corrected chi connectivity index (χ3v) is 2.76. The normalized spacial score (nSPS) is 10.8. The number of hydrogen-bond acceptors (Lipinski definition) is 2. The van der Waals surface area contributed by atoms with E-state index in [1.54, 1.807) is 24.4 Å². The van der Waals surface area contributed by atoms with Gasteiger partial charge in [-0.15, -0.1) is 0 Å². The summed E-state index contributed by atoms with van der Waals surface area (Å²) in [5, 5.41) is 0. The van der Waals surface area contributed by atoms with Crippen molar-refractivity contribution in [2.45, 2.75) is 13.8 Å². The second kappa shape index (κ2) is 5.41. The Labute approximate surface area is 107 Å². The van der Waals surface area contributed by atoms with Gasteiger partial charge in [0, 0.05) is 6.20 Å². The number of ketones is 1. The summed E-state index contributed by atoms with van der Waals surface area (Å²) in [6.07, 6.45) is 5.03. The van der Waals surface area contributed by atoms with Crippen LogP contribution in [0.5, 0.6) is 0 Å². The molecule has 0 spiro atoms. The number of carbonyl (C=O) groups is 1. The lowest BCUT2D eigenvalue weighted by molar-refractivity contribution is 0.104. The molecule has 2 nitrogen and oxygen atoms in total. The van der Waals surface area contributed by atoms with E-state index in [0.29, 0.717) is 5.69 Å². The first kappa shape index (κ1) is 12.2. The fraction of sp³-hybridized carbons (Fsp3) is 0.125. The fourth-order valence-electron chi connectivity index (χ4n) is 1.77. The van der Waals surface area contributed by atoms with E-state index in [1.807, 2.05) is 31.2 Å². The first-order valence-corrected chi connectivity index (χ1v) is 5.87. The van der Waals surface area contributed by atoms with Crippen LogP contribution in [-0.2, 0) is 0 Å². The number of aromatic nitrogens is 1. The first-order valence-electron chi connectivity index (χ1n) is 5.87. The molecule has 0 unspecified atom stereocenters. The van der Waals surface area contributed by atoms with Crippen molar-refractivity contribution >= 4 is 11.9 Å². The van der Waals surface area contributed by atoms with Gasteiger partial charge < -0.3 is 0 Å². The van der Waals surface area contributed by atoms with E-state index >= 15 is 0 Å². The topological polar surface area (TPSA) is 30.0 Å². The first-order chi connectivity index (χ1) is 8.66. The molecule has 0 amide bonds. The number of nitrogens with zero attached hydrogens (tertiary/aromatic N) is 1. The standard InChI is InChI=1S/C16H15NO/c1-12-6-7-14(13(2)11-12)8-9-16(18)15-5-3-4-10-17-15/h3-11H,1-2H3/b9-8+.